The van der Waals surface area contributed by atoms with Gasteiger partial charge in [-0.25, -0.2) is 0 Å². The minimum Gasteiger partial charge on any atom is -0.356 e. The van der Waals surface area contributed by atoms with Crippen molar-refractivity contribution in [1.29, 1.82) is 0 Å². The van der Waals surface area contributed by atoms with Crippen LogP contribution in [0.3, 0.4) is 0 Å². The summed E-state index contributed by atoms with van der Waals surface area (Å²) in [6, 6.07) is 0. The summed E-state index contributed by atoms with van der Waals surface area (Å²) >= 11 is 0. The van der Waals surface area contributed by atoms with Crippen LogP contribution in [-0.4, -0.2) is 43.5 Å². The molecule has 0 unspecified atom stereocenters. The average molecular weight is 269 g/mol. The number of nitrogens with zero attached hydrogens (tertiary/aromatic N) is 1. The van der Waals surface area contributed by atoms with Gasteiger partial charge >= 0.3 is 0 Å². The first kappa shape index (κ1) is 16.4. The van der Waals surface area contributed by atoms with Gasteiger partial charge in [-0.15, -0.1) is 0 Å². The van der Waals surface area contributed by atoms with Gasteiger partial charge in [0.05, 0.1) is 0 Å². The first-order valence-electron chi connectivity index (χ1n) is 8.02. The SMILES string of the molecule is NCCCCCCC(=O)NCCCN1CCCCC1. The zero-order valence-corrected chi connectivity index (χ0v) is 12.3. The molecule has 1 amide bonds. The van der Waals surface area contributed by atoms with Gasteiger partial charge in [0.25, 0.3) is 0 Å². The fraction of sp³-hybridized carbons (Fsp3) is 0.933. The highest BCUT2D eigenvalue weighted by molar-refractivity contribution is 5.75. The van der Waals surface area contributed by atoms with Crippen LogP contribution in [0.1, 0.15) is 57.8 Å². The number of nitrogens with two attached hydrogens (primary N) is 1. The Labute approximate surface area is 118 Å². The summed E-state index contributed by atoms with van der Waals surface area (Å²) in [5.74, 6) is 0.214. The van der Waals surface area contributed by atoms with Crippen LogP contribution in [0.15, 0.2) is 0 Å². The van der Waals surface area contributed by atoms with Crippen LogP contribution < -0.4 is 11.1 Å². The van der Waals surface area contributed by atoms with E-state index in [0.717, 1.165) is 51.7 Å². The molecule has 19 heavy (non-hydrogen) atoms. The van der Waals surface area contributed by atoms with Crippen molar-refractivity contribution in [2.45, 2.75) is 57.8 Å². The Morgan fingerprint density at radius 2 is 1.74 bits per heavy atom. The maximum absolute atomic E-state index is 11.6. The Bertz CT molecular complexity index is 227. The van der Waals surface area contributed by atoms with E-state index in [1.54, 1.807) is 0 Å². The Hall–Kier alpha value is -0.610. The predicted octanol–water partition coefficient (Wildman–Crippen LogP) is 1.89. The second-order valence-electron chi connectivity index (χ2n) is 5.56. The fourth-order valence-electron chi connectivity index (χ4n) is 2.59. The molecule has 0 bridgehead atoms. The molecule has 0 saturated carbocycles. The van der Waals surface area contributed by atoms with E-state index in [9.17, 15) is 4.79 Å². The quantitative estimate of drug-likeness (QED) is 0.595. The second-order valence-corrected chi connectivity index (χ2v) is 5.56. The van der Waals surface area contributed by atoms with Crippen molar-refractivity contribution in [3.63, 3.8) is 0 Å². The molecule has 3 N–H and O–H groups in total. The van der Waals surface area contributed by atoms with Crippen molar-refractivity contribution < 1.29 is 4.79 Å². The fourth-order valence-corrected chi connectivity index (χ4v) is 2.59. The van der Waals surface area contributed by atoms with E-state index < -0.39 is 0 Å². The average Bonchev–Trinajstić information content (AvgIpc) is 2.44. The lowest BCUT2D eigenvalue weighted by Crippen LogP contribution is -2.33. The van der Waals surface area contributed by atoms with Crippen LogP contribution in [0.2, 0.25) is 0 Å². The lowest BCUT2D eigenvalue weighted by Gasteiger charge is -2.26. The third-order valence-electron chi connectivity index (χ3n) is 3.78. The molecule has 0 atom stereocenters. The molecule has 112 valence electrons. The lowest BCUT2D eigenvalue weighted by atomic mass is 10.1. The van der Waals surface area contributed by atoms with Gasteiger partial charge in [-0.3, -0.25) is 4.79 Å². The highest BCUT2D eigenvalue weighted by Gasteiger charge is 2.09. The number of likely N-dealkylation sites (tertiary alicyclic amines) is 1. The van der Waals surface area contributed by atoms with Gasteiger partial charge in [-0.2, -0.15) is 0 Å². The van der Waals surface area contributed by atoms with Crippen LogP contribution in [0.4, 0.5) is 0 Å². The molecule has 1 aliphatic rings. The second kappa shape index (κ2) is 11.2. The van der Waals surface area contributed by atoms with Crippen molar-refractivity contribution in [2.75, 3.05) is 32.7 Å². The van der Waals surface area contributed by atoms with Gasteiger partial charge in [0.1, 0.15) is 0 Å². The molecule has 4 heteroatoms. The molecule has 4 nitrogen and oxygen atoms in total. The molecule has 0 spiro atoms. The summed E-state index contributed by atoms with van der Waals surface area (Å²) in [6.07, 6.45) is 10.2. The number of unbranched alkanes of at least 4 members (excludes halogenated alkanes) is 3. The van der Waals surface area contributed by atoms with Crippen LogP contribution in [0.25, 0.3) is 0 Å². The smallest absolute Gasteiger partial charge is 0.219 e. The highest BCUT2D eigenvalue weighted by Crippen LogP contribution is 2.08. The maximum Gasteiger partial charge on any atom is 0.219 e. The Kier molecular flexibility index (Phi) is 9.72. The van der Waals surface area contributed by atoms with E-state index in [2.05, 4.69) is 10.2 Å². The Morgan fingerprint density at radius 3 is 2.47 bits per heavy atom. The van der Waals surface area contributed by atoms with Gasteiger partial charge < -0.3 is 16.0 Å². The van der Waals surface area contributed by atoms with Gasteiger partial charge in [0, 0.05) is 13.0 Å². The number of carbonyl (C=O) groups is 1. The molecular formula is C15H31N3O. The summed E-state index contributed by atoms with van der Waals surface area (Å²) in [4.78, 5) is 14.1. The molecule has 1 rings (SSSR count). The van der Waals surface area contributed by atoms with E-state index in [0.29, 0.717) is 6.42 Å². The topological polar surface area (TPSA) is 58.4 Å². The summed E-state index contributed by atoms with van der Waals surface area (Å²) < 4.78 is 0. The Balaban J connectivity index is 1.86. The zero-order chi connectivity index (χ0) is 13.8. The third-order valence-corrected chi connectivity index (χ3v) is 3.78. The molecule has 1 saturated heterocycles. The lowest BCUT2D eigenvalue weighted by molar-refractivity contribution is -0.121. The molecule has 1 fully saturated rings. The van der Waals surface area contributed by atoms with Crippen molar-refractivity contribution in [2.24, 2.45) is 5.73 Å². The third kappa shape index (κ3) is 9.00. The molecular weight excluding hydrogens is 238 g/mol. The van der Waals surface area contributed by atoms with Gasteiger partial charge in [-0.1, -0.05) is 19.3 Å². The molecule has 0 aromatic heterocycles. The van der Waals surface area contributed by atoms with Crippen molar-refractivity contribution in [1.82, 2.24) is 10.2 Å². The van der Waals surface area contributed by atoms with E-state index in [1.165, 1.54) is 32.4 Å². The number of amides is 1. The minimum absolute atomic E-state index is 0.214. The van der Waals surface area contributed by atoms with Crippen LogP contribution >= 0.6 is 0 Å². The standard InChI is InChI=1S/C15H31N3O/c16-10-5-2-1-4-9-15(19)17-11-8-14-18-12-6-3-7-13-18/h1-14,16H2,(H,17,19). The summed E-state index contributed by atoms with van der Waals surface area (Å²) in [6.45, 7) is 5.22. The van der Waals surface area contributed by atoms with Crippen LogP contribution in [0.5, 0.6) is 0 Å². The molecule has 0 aromatic rings. The van der Waals surface area contributed by atoms with E-state index >= 15 is 0 Å². The molecule has 0 aliphatic carbocycles. The predicted molar refractivity (Wildman–Crippen MR) is 80.1 cm³/mol. The van der Waals surface area contributed by atoms with Crippen LogP contribution in [0, 0.1) is 0 Å². The number of hydrogen-bond acceptors (Lipinski definition) is 3. The molecule has 0 radical (unpaired) electrons. The van der Waals surface area contributed by atoms with Gasteiger partial charge in [0.15, 0.2) is 0 Å². The summed E-state index contributed by atoms with van der Waals surface area (Å²) in [7, 11) is 0. The molecule has 1 heterocycles. The summed E-state index contributed by atoms with van der Waals surface area (Å²) in [5, 5.41) is 3.02. The van der Waals surface area contributed by atoms with Gasteiger partial charge in [0.2, 0.25) is 5.91 Å². The summed E-state index contributed by atoms with van der Waals surface area (Å²) in [5.41, 5.74) is 5.43. The monoisotopic (exact) mass is 269 g/mol. The highest BCUT2D eigenvalue weighted by atomic mass is 16.1. The van der Waals surface area contributed by atoms with Crippen molar-refractivity contribution >= 4 is 5.91 Å². The van der Waals surface area contributed by atoms with Crippen LogP contribution in [-0.2, 0) is 4.79 Å². The number of nitrogens with one attached hydrogen (secondary N) is 1. The largest absolute Gasteiger partial charge is 0.356 e. The molecule has 0 aromatic carbocycles. The van der Waals surface area contributed by atoms with E-state index in [1.807, 2.05) is 0 Å². The first-order valence-corrected chi connectivity index (χ1v) is 8.02. The van der Waals surface area contributed by atoms with E-state index in [-0.39, 0.29) is 5.91 Å². The number of piperidine rings is 1. The number of hydrogen-bond donors (Lipinski definition) is 2. The molecule has 1 aliphatic heterocycles. The minimum atomic E-state index is 0.214. The first-order chi connectivity index (χ1) is 9.33. The van der Waals surface area contributed by atoms with Crippen molar-refractivity contribution in [3.8, 4) is 0 Å². The van der Waals surface area contributed by atoms with E-state index in [4.69, 9.17) is 5.73 Å². The van der Waals surface area contributed by atoms with Crippen molar-refractivity contribution in [3.05, 3.63) is 0 Å². The maximum atomic E-state index is 11.6. The normalized spacial score (nSPS) is 16.5. The van der Waals surface area contributed by atoms with Gasteiger partial charge in [-0.05, 0) is 58.3 Å². The zero-order valence-electron chi connectivity index (χ0n) is 12.3. The Morgan fingerprint density at radius 1 is 1.00 bits per heavy atom. The number of carbonyl (C=O) groups excluding carboxylic acids is 1. The number of rotatable bonds is 10.